The number of hydrogen-bond acceptors (Lipinski definition) is 2. The van der Waals surface area contributed by atoms with Gasteiger partial charge in [-0.2, -0.15) is 0 Å². The predicted octanol–water partition coefficient (Wildman–Crippen LogP) is 5.15. The Balaban J connectivity index is 2.59. The fraction of sp³-hybridized carbons (Fsp3) is 0.294. The third kappa shape index (κ3) is 3.33. The maximum atomic E-state index is 5.66. The third-order valence-corrected chi connectivity index (χ3v) is 4.96. The van der Waals surface area contributed by atoms with Crippen LogP contribution >= 0.6 is 31.9 Å². The number of nitrogens with one attached hydrogen (secondary N) is 1. The summed E-state index contributed by atoms with van der Waals surface area (Å²) >= 11 is 7.15. The van der Waals surface area contributed by atoms with Crippen LogP contribution in [-0.2, 0) is 0 Å². The van der Waals surface area contributed by atoms with E-state index >= 15 is 0 Å². The zero-order chi connectivity index (χ0) is 15.6. The van der Waals surface area contributed by atoms with Crippen LogP contribution < -0.4 is 10.1 Å². The molecule has 112 valence electrons. The van der Waals surface area contributed by atoms with Crippen LogP contribution in [0.2, 0.25) is 0 Å². The minimum atomic E-state index is 0.0710. The van der Waals surface area contributed by atoms with Crippen molar-refractivity contribution in [2.45, 2.75) is 19.9 Å². The van der Waals surface area contributed by atoms with E-state index in [1.807, 2.05) is 7.05 Å². The Hall–Kier alpha value is -0.840. The molecular weight excluding hydrogens is 394 g/mol. The quantitative estimate of drug-likeness (QED) is 0.749. The summed E-state index contributed by atoms with van der Waals surface area (Å²) in [5.74, 6) is 0.948. The summed E-state index contributed by atoms with van der Waals surface area (Å²) in [4.78, 5) is 0. The molecule has 1 unspecified atom stereocenters. The number of ether oxygens (including phenoxy) is 1. The van der Waals surface area contributed by atoms with Gasteiger partial charge < -0.3 is 10.1 Å². The van der Waals surface area contributed by atoms with Crippen LogP contribution in [0.5, 0.6) is 5.75 Å². The van der Waals surface area contributed by atoms with Gasteiger partial charge in [-0.05, 0) is 49.7 Å². The minimum Gasteiger partial charge on any atom is -0.496 e. The molecule has 0 aliphatic rings. The molecule has 0 saturated heterocycles. The molecule has 0 bridgehead atoms. The Morgan fingerprint density at radius 3 is 2.29 bits per heavy atom. The SMILES string of the molecule is CNC(c1ccc(Br)cc1Br)c1ccc(C)c(C)c1OC. The van der Waals surface area contributed by atoms with Crippen LogP contribution in [0.15, 0.2) is 39.3 Å². The van der Waals surface area contributed by atoms with E-state index in [9.17, 15) is 0 Å². The summed E-state index contributed by atoms with van der Waals surface area (Å²) in [6.07, 6.45) is 0. The van der Waals surface area contributed by atoms with E-state index in [4.69, 9.17) is 4.74 Å². The van der Waals surface area contributed by atoms with Gasteiger partial charge in [0, 0.05) is 14.5 Å². The fourth-order valence-electron chi connectivity index (χ4n) is 2.52. The summed E-state index contributed by atoms with van der Waals surface area (Å²) in [6.45, 7) is 4.20. The first-order valence-electron chi connectivity index (χ1n) is 6.76. The van der Waals surface area contributed by atoms with Gasteiger partial charge in [-0.3, -0.25) is 0 Å². The van der Waals surface area contributed by atoms with Crippen LogP contribution in [0.25, 0.3) is 0 Å². The van der Waals surface area contributed by atoms with E-state index in [1.54, 1.807) is 7.11 Å². The summed E-state index contributed by atoms with van der Waals surface area (Å²) in [5.41, 5.74) is 4.75. The number of benzene rings is 2. The zero-order valence-electron chi connectivity index (χ0n) is 12.6. The Morgan fingerprint density at radius 2 is 1.71 bits per heavy atom. The minimum absolute atomic E-state index is 0.0710. The van der Waals surface area contributed by atoms with E-state index in [1.165, 1.54) is 16.7 Å². The van der Waals surface area contributed by atoms with Gasteiger partial charge in [0.25, 0.3) is 0 Å². The zero-order valence-corrected chi connectivity index (χ0v) is 15.8. The van der Waals surface area contributed by atoms with Crippen molar-refractivity contribution in [1.29, 1.82) is 0 Å². The molecule has 0 spiro atoms. The lowest BCUT2D eigenvalue weighted by Crippen LogP contribution is -2.19. The van der Waals surface area contributed by atoms with Crippen molar-refractivity contribution in [2.24, 2.45) is 0 Å². The van der Waals surface area contributed by atoms with Crippen molar-refractivity contribution in [3.05, 3.63) is 61.5 Å². The molecule has 0 radical (unpaired) electrons. The Kier molecular flexibility index (Phi) is 5.47. The third-order valence-electron chi connectivity index (χ3n) is 3.78. The van der Waals surface area contributed by atoms with Crippen molar-refractivity contribution in [3.8, 4) is 5.75 Å². The van der Waals surface area contributed by atoms with Crippen LogP contribution in [0, 0.1) is 13.8 Å². The second-order valence-corrected chi connectivity index (χ2v) is 6.79. The van der Waals surface area contributed by atoms with Gasteiger partial charge in [0.2, 0.25) is 0 Å². The van der Waals surface area contributed by atoms with Gasteiger partial charge in [0.05, 0.1) is 13.2 Å². The second kappa shape index (κ2) is 6.95. The van der Waals surface area contributed by atoms with Crippen molar-refractivity contribution in [3.63, 3.8) is 0 Å². The average molecular weight is 413 g/mol. The molecular formula is C17H19Br2NO. The predicted molar refractivity (Wildman–Crippen MR) is 95.2 cm³/mol. The summed E-state index contributed by atoms with van der Waals surface area (Å²) < 4.78 is 7.78. The van der Waals surface area contributed by atoms with Gasteiger partial charge in [0.1, 0.15) is 5.75 Å². The number of methoxy groups -OCH3 is 1. The van der Waals surface area contributed by atoms with Gasteiger partial charge in [-0.15, -0.1) is 0 Å². The summed E-state index contributed by atoms with van der Waals surface area (Å²) in [7, 11) is 3.70. The first-order chi connectivity index (χ1) is 9.99. The van der Waals surface area contributed by atoms with Crippen molar-refractivity contribution in [1.82, 2.24) is 5.32 Å². The topological polar surface area (TPSA) is 21.3 Å². The Labute approximate surface area is 143 Å². The molecule has 4 heteroatoms. The lowest BCUT2D eigenvalue weighted by Gasteiger charge is -2.23. The summed E-state index contributed by atoms with van der Waals surface area (Å²) in [5, 5.41) is 3.39. The van der Waals surface area contributed by atoms with Gasteiger partial charge in [0.15, 0.2) is 0 Å². The molecule has 0 heterocycles. The molecule has 0 saturated carbocycles. The maximum absolute atomic E-state index is 5.66. The largest absolute Gasteiger partial charge is 0.496 e. The second-order valence-electron chi connectivity index (χ2n) is 5.02. The van der Waals surface area contributed by atoms with Gasteiger partial charge in [-0.25, -0.2) is 0 Å². The van der Waals surface area contributed by atoms with Gasteiger partial charge >= 0.3 is 0 Å². The standard InChI is InChI=1S/C17H19Br2NO/c1-10-5-7-14(17(21-4)11(10)2)16(20-3)13-8-6-12(18)9-15(13)19/h5-9,16,20H,1-4H3. The molecule has 0 aromatic heterocycles. The number of rotatable bonds is 4. The monoisotopic (exact) mass is 411 g/mol. The van der Waals surface area contributed by atoms with Crippen LogP contribution in [0.4, 0.5) is 0 Å². The Morgan fingerprint density at radius 1 is 1.05 bits per heavy atom. The van der Waals surface area contributed by atoms with Gasteiger partial charge in [-0.1, -0.05) is 50.1 Å². The Bertz CT molecular complexity index is 655. The van der Waals surface area contributed by atoms with E-state index in [0.29, 0.717) is 0 Å². The van der Waals surface area contributed by atoms with Crippen molar-refractivity contribution >= 4 is 31.9 Å². The van der Waals surface area contributed by atoms with E-state index in [0.717, 1.165) is 20.3 Å². The highest BCUT2D eigenvalue weighted by molar-refractivity contribution is 9.11. The first-order valence-corrected chi connectivity index (χ1v) is 8.34. The highest BCUT2D eigenvalue weighted by atomic mass is 79.9. The van der Waals surface area contributed by atoms with E-state index in [2.05, 4.69) is 81.4 Å². The maximum Gasteiger partial charge on any atom is 0.127 e. The fourth-order valence-corrected chi connectivity index (χ4v) is 3.80. The lowest BCUT2D eigenvalue weighted by atomic mass is 9.94. The number of aryl methyl sites for hydroxylation is 1. The molecule has 2 rings (SSSR count). The normalized spacial score (nSPS) is 12.3. The highest BCUT2D eigenvalue weighted by Gasteiger charge is 2.20. The smallest absolute Gasteiger partial charge is 0.127 e. The molecule has 2 aromatic carbocycles. The summed E-state index contributed by atoms with van der Waals surface area (Å²) in [6, 6.07) is 10.6. The lowest BCUT2D eigenvalue weighted by molar-refractivity contribution is 0.402. The van der Waals surface area contributed by atoms with Crippen LogP contribution in [0.3, 0.4) is 0 Å². The number of halogens is 2. The number of hydrogen-bond donors (Lipinski definition) is 1. The highest BCUT2D eigenvalue weighted by Crippen LogP contribution is 2.37. The molecule has 2 nitrogen and oxygen atoms in total. The average Bonchev–Trinajstić information content (AvgIpc) is 2.45. The molecule has 0 aliphatic carbocycles. The molecule has 1 N–H and O–H groups in total. The molecule has 21 heavy (non-hydrogen) atoms. The molecule has 0 aliphatic heterocycles. The van der Waals surface area contributed by atoms with Crippen LogP contribution in [0.1, 0.15) is 28.3 Å². The van der Waals surface area contributed by atoms with Crippen molar-refractivity contribution < 1.29 is 4.74 Å². The van der Waals surface area contributed by atoms with E-state index in [-0.39, 0.29) is 6.04 Å². The van der Waals surface area contributed by atoms with Crippen LogP contribution in [-0.4, -0.2) is 14.2 Å². The molecule has 1 atom stereocenters. The first kappa shape index (κ1) is 16.5. The molecule has 0 fully saturated rings. The molecule has 0 amide bonds. The molecule has 2 aromatic rings. The van der Waals surface area contributed by atoms with E-state index < -0.39 is 0 Å². The van der Waals surface area contributed by atoms with Crippen molar-refractivity contribution in [2.75, 3.05) is 14.2 Å².